The van der Waals surface area contributed by atoms with Gasteiger partial charge in [-0.2, -0.15) is 4.89 Å². The summed E-state index contributed by atoms with van der Waals surface area (Å²) < 4.78 is 23.1. The van der Waals surface area contributed by atoms with E-state index in [0.717, 1.165) is 0 Å². The monoisotopic (exact) mass is 202 g/mol. The number of alkyl halides is 2. The number of carbonyl (C=O) groups is 1. The minimum Gasteiger partial charge on any atom is -0.293 e. The molecule has 1 aromatic rings. The molecule has 3 nitrogen and oxygen atoms in total. The average Bonchev–Trinajstić information content (AvgIpc) is 2.18. The molecule has 0 aromatic heterocycles. The van der Waals surface area contributed by atoms with Gasteiger partial charge in [0, 0.05) is 0 Å². The van der Waals surface area contributed by atoms with Crippen molar-refractivity contribution in [3.63, 3.8) is 0 Å². The molecule has 0 amide bonds. The summed E-state index contributed by atoms with van der Waals surface area (Å²) in [5.41, 5.74) is 0.252. The van der Waals surface area contributed by atoms with Gasteiger partial charge in [0.15, 0.2) is 6.61 Å². The second-order valence-corrected chi connectivity index (χ2v) is 2.41. The van der Waals surface area contributed by atoms with Gasteiger partial charge in [0.25, 0.3) is 6.43 Å². The second-order valence-electron chi connectivity index (χ2n) is 2.41. The molecule has 0 spiro atoms. The van der Waals surface area contributed by atoms with Gasteiger partial charge < -0.3 is 0 Å². The molecule has 0 saturated carbocycles. The molecule has 0 heterocycles. The van der Waals surface area contributed by atoms with Crippen LogP contribution in [0.15, 0.2) is 30.3 Å². The Labute approximate surface area is 79.2 Å². The molecular formula is C9H8F2O3. The van der Waals surface area contributed by atoms with Crippen molar-refractivity contribution in [2.75, 3.05) is 6.61 Å². The van der Waals surface area contributed by atoms with Crippen LogP contribution in [0.4, 0.5) is 8.78 Å². The first-order valence-electron chi connectivity index (χ1n) is 3.87. The van der Waals surface area contributed by atoms with E-state index in [-0.39, 0.29) is 5.56 Å². The highest BCUT2D eigenvalue weighted by molar-refractivity contribution is 5.88. The summed E-state index contributed by atoms with van der Waals surface area (Å²) in [5, 5.41) is 0. The molecule has 76 valence electrons. The van der Waals surface area contributed by atoms with Crippen molar-refractivity contribution in [3.05, 3.63) is 35.9 Å². The van der Waals surface area contributed by atoms with E-state index in [0.29, 0.717) is 0 Å². The SMILES string of the molecule is O=C(OOCC(F)F)c1ccccc1. The average molecular weight is 202 g/mol. The standard InChI is InChI=1S/C9H8F2O3/c10-8(11)6-13-14-9(12)7-4-2-1-3-5-7/h1-5,8H,6H2. The molecule has 14 heavy (non-hydrogen) atoms. The molecule has 0 atom stereocenters. The third-order valence-electron chi connectivity index (χ3n) is 1.34. The normalized spacial score (nSPS) is 10.2. The zero-order valence-corrected chi connectivity index (χ0v) is 7.15. The van der Waals surface area contributed by atoms with E-state index < -0.39 is 19.0 Å². The predicted octanol–water partition coefficient (Wildman–Crippen LogP) is 2.04. The number of benzene rings is 1. The third-order valence-corrected chi connectivity index (χ3v) is 1.34. The number of halogens is 2. The molecule has 0 fully saturated rings. The number of carbonyl (C=O) groups excluding carboxylic acids is 1. The van der Waals surface area contributed by atoms with E-state index in [1.807, 2.05) is 0 Å². The lowest BCUT2D eigenvalue weighted by Crippen LogP contribution is -2.10. The quantitative estimate of drug-likeness (QED) is 0.553. The maximum absolute atomic E-state index is 11.6. The Balaban J connectivity index is 2.36. The van der Waals surface area contributed by atoms with Crippen LogP contribution in [0, 0.1) is 0 Å². The Bertz CT molecular complexity index is 287. The van der Waals surface area contributed by atoms with Gasteiger partial charge in [0.2, 0.25) is 0 Å². The summed E-state index contributed by atoms with van der Waals surface area (Å²) >= 11 is 0. The van der Waals surface area contributed by atoms with Crippen LogP contribution in [0.5, 0.6) is 0 Å². The van der Waals surface area contributed by atoms with E-state index in [1.165, 1.54) is 12.1 Å². The van der Waals surface area contributed by atoms with Crippen LogP contribution in [-0.4, -0.2) is 19.0 Å². The van der Waals surface area contributed by atoms with Crippen molar-refractivity contribution in [1.29, 1.82) is 0 Å². The Kier molecular flexibility index (Phi) is 4.00. The largest absolute Gasteiger partial charge is 0.373 e. The van der Waals surface area contributed by atoms with Crippen LogP contribution < -0.4 is 0 Å². The highest BCUT2D eigenvalue weighted by atomic mass is 19.3. The number of rotatable bonds is 4. The molecule has 0 unspecified atom stereocenters. The molecule has 5 heteroatoms. The van der Waals surface area contributed by atoms with Gasteiger partial charge in [-0.3, -0.25) is 4.89 Å². The molecular weight excluding hydrogens is 194 g/mol. The summed E-state index contributed by atoms with van der Waals surface area (Å²) in [5.74, 6) is -0.786. The van der Waals surface area contributed by atoms with Gasteiger partial charge in [-0.25, -0.2) is 13.6 Å². The summed E-state index contributed by atoms with van der Waals surface area (Å²) in [6.45, 7) is -0.918. The van der Waals surface area contributed by atoms with Crippen molar-refractivity contribution in [1.82, 2.24) is 0 Å². The minimum absolute atomic E-state index is 0.252. The van der Waals surface area contributed by atoms with E-state index in [9.17, 15) is 13.6 Å². The molecule has 1 rings (SSSR count). The van der Waals surface area contributed by atoms with Crippen LogP contribution in [-0.2, 0) is 9.78 Å². The Morgan fingerprint density at radius 2 is 1.93 bits per heavy atom. The Hall–Kier alpha value is -1.49. The first-order chi connectivity index (χ1) is 6.70. The van der Waals surface area contributed by atoms with Crippen LogP contribution in [0.2, 0.25) is 0 Å². The summed E-state index contributed by atoms with van der Waals surface area (Å²) in [4.78, 5) is 19.2. The molecule has 0 bridgehead atoms. The van der Waals surface area contributed by atoms with Gasteiger partial charge >= 0.3 is 5.97 Å². The van der Waals surface area contributed by atoms with Crippen molar-refractivity contribution in [3.8, 4) is 0 Å². The fraction of sp³-hybridized carbons (Fsp3) is 0.222. The van der Waals surface area contributed by atoms with Gasteiger partial charge in [0.1, 0.15) is 0 Å². The number of hydrogen-bond donors (Lipinski definition) is 0. The van der Waals surface area contributed by atoms with Crippen LogP contribution in [0.1, 0.15) is 10.4 Å². The minimum atomic E-state index is -2.65. The van der Waals surface area contributed by atoms with Gasteiger partial charge in [-0.05, 0) is 12.1 Å². The maximum Gasteiger partial charge on any atom is 0.373 e. The predicted molar refractivity (Wildman–Crippen MR) is 43.8 cm³/mol. The highest BCUT2D eigenvalue weighted by Gasteiger charge is 2.09. The summed E-state index contributed by atoms with van der Waals surface area (Å²) in [6, 6.07) is 7.96. The molecule has 0 saturated heterocycles. The van der Waals surface area contributed by atoms with E-state index in [4.69, 9.17) is 0 Å². The Morgan fingerprint density at radius 1 is 1.29 bits per heavy atom. The molecule has 0 aliphatic heterocycles. The molecule has 0 radical (unpaired) electrons. The van der Waals surface area contributed by atoms with Gasteiger partial charge in [-0.15, -0.1) is 0 Å². The highest BCUT2D eigenvalue weighted by Crippen LogP contribution is 2.02. The maximum atomic E-state index is 11.6. The zero-order chi connectivity index (χ0) is 10.4. The second kappa shape index (κ2) is 5.29. The lowest BCUT2D eigenvalue weighted by Gasteiger charge is -2.02. The van der Waals surface area contributed by atoms with Crippen molar-refractivity contribution >= 4 is 5.97 Å². The first kappa shape index (κ1) is 10.6. The van der Waals surface area contributed by atoms with Crippen LogP contribution >= 0.6 is 0 Å². The van der Waals surface area contributed by atoms with Crippen molar-refractivity contribution in [2.45, 2.75) is 6.43 Å². The van der Waals surface area contributed by atoms with E-state index >= 15 is 0 Å². The summed E-state index contributed by atoms with van der Waals surface area (Å²) in [7, 11) is 0. The fourth-order valence-electron chi connectivity index (χ4n) is 0.761. The van der Waals surface area contributed by atoms with Crippen LogP contribution in [0.25, 0.3) is 0 Å². The smallest absolute Gasteiger partial charge is 0.293 e. The summed E-state index contributed by atoms with van der Waals surface area (Å²) in [6.07, 6.45) is -2.65. The Morgan fingerprint density at radius 3 is 2.50 bits per heavy atom. The molecule has 1 aromatic carbocycles. The van der Waals surface area contributed by atoms with Crippen molar-refractivity contribution < 1.29 is 23.4 Å². The third kappa shape index (κ3) is 3.49. The van der Waals surface area contributed by atoms with Gasteiger partial charge in [0.05, 0.1) is 5.56 Å². The topological polar surface area (TPSA) is 35.5 Å². The number of hydrogen-bond acceptors (Lipinski definition) is 3. The molecule has 0 N–H and O–H groups in total. The lowest BCUT2D eigenvalue weighted by atomic mass is 10.2. The zero-order valence-electron chi connectivity index (χ0n) is 7.15. The molecule has 0 aliphatic carbocycles. The lowest BCUT2D eigenvalue weighted by molar-refractivity contribution is -0.257. The first-order valence-corrected chi connectivity index (χ1v) is 3.87. The van der Waals surface area contributed by atoms with Crippen LogP contribution in [0.3, 0.4) is 0 Å². The van der Waals surface area contributed by atoms with Crippen molar-refractivity contribution in [2.24, 2.45) is 0 Å². The fourth-order valence-corrected chi connectivity index (χ4v) is 0.761. The van der Waals surface area contributed by atoms with Gasteiger partial charge in [-0.1, -0.05) is 18.2 Å². The van der Waals surface area contributed by atoms with E-state index in [2.05, 4.69) is 9.78 Å². The van der Waals surface area contributed by atoms with E-state index in [1.54, 1.807) is 18.2 Å². The molecule has 0 aliphatic rings.